The molecule has 1 saturated heterocycles. The van der Waals surface area contributed by atoms with Crippen molar-refractivity contribution in [1.29, 1.82) is 0 Å². The van der Waals surface area contributed by atoms with Crippen LogP contribution in [0.15, 0.2) is 6.20 Å². The zero-order chi connectivity index (χ0) is 14.5. The number of aliphatic hydroxyl groups is 1. The summed E-state index contributed by atoms with van der Waals surface area (Å²) in [6.07, 6.45) is 8.00. The van der Waals surface area contributed by atoms with E-state index in [1.54, 1.807) is 4.68 Å². The van der Waals surface area contributed by atoms with Crippen LogP contribution in [0.2, 0.25) is 0 Å². The van der Waals surface area contributed by atoms with Crippen LogP contribution in [0, 0.1) is 5.92 Å². The molecule has 1 unspecified atom stereocenters. The summed E-state index contributed by atoms with van der Waals surface area (Å²) in [5, 5.41) is 18.5. The van der Waals surface area contributed by atoms with E-state index in [2.05, 4.69) is 17.2 Å². The second-order valence-corrected chi connectivity index (χ2v) is 5.82. The van der Waals surface area contributed by atoms with Crippen LogP contribution < -0.4 is 0 Å². The van der Waals surface area contributed by atoms with Crippen LogP contribution >= 0.6 is 0 Å². The Bertz CT molecular complexity index is 408. The van der Waals surface area contributed by atoms with Gasteiger partial charge in [0.05, 0.1) is 24.1 Å². The summed E-state index contributed by atoms with van der Waals surface area (Å²) in [4.78, 5) is 0. The van der Waals surface area contributed by atoms with E-state index in [4.69, 9.17) is 4.74 Å². The highest BCUT2D eigenvalue weighted by molar-refractivity contribution is 4.95. The minimum Gasteiger partial charge on any atom is -0.390 e. The van der Waals surface area contributed by atoms with Gasteiger partial charge in [-0.3, -0.25) is 0 Å². The van der Waals surface area contributed by atoms with Crippen molar-refractivity contribution in [2.75, 3.05) is 0 Å². The average molecular weight is 281 g/mol. The van der Waals surface area contributed by atoms with Gasteiger partial charge < -0.3 is 9.84 Å². The molecular formula is C15H27N3O2. The van der Waals surface area contributed by atoms with Gasteiger partial charge in [0.2, 0.25) is 0 Å². The molecule has 0 aliphatic carbocycles. The van der Waals surface area contributed by atoms with Gasteiger partial charge in [-0.2, -0.15) is 0 Å². The van der Waals surface area contributed by atoms with Crippen molar-refractivity contribution in [3.05, 3.63) is 11.9 Å². The molecule has 0 aromatic carbocycles. The number of unbranched alkanes of at least 4 members (excludes halogenated alkanes) is 3. The quantitative estimate of drug-likeness (QED) is 0.781. The van der Waals surface area contributed by atoms with E-state index in [9.17, 15) is 5.11 Å². The molecule has 0 spiro atoms. The highest BCUT2D eigenvalue weighted by Crippen LogP contribution is 2.35. The number of aryl methyl sites for hydroxylation is 1. The molecule has 1 aliphatic heterocycles. The van der Waals surface area contributed by atoms with E-state index in [1.807, 2.05) is 20.0 Å². The summed E-state index contributed by atoms with van der Waals surface area (Å²) >= 11 is 0. The van der Waals surface area contributed by atoms with Gasteiger partial charge in [-0.15, -0.1) is 5.10 Å². The molecule has 4 atom stereocenters. The molecule has 20 heavy (non-hydrogen) atoms. The Morgan fingerprint density at radius 1 is 1.30 bits per heavy atom. The van der Waals surface area contributed by atoms with Gasteiger partial charge in [0.15, 0.2) is 6.23 Å². The number of aliphatic hydroxyl groups excluding tert-OH is 1. The topological polar surface area (TPSA) is 60.2 Å². The number of ether oxygens (including phenoxy) is 1. The van der Waals surface area contributed by atoms with E-state index in [1.165, 1.54) is 19.3 Å². The summed E-state index contributed by atoms with van der Waals surface area (Å²) in [6, 6.07) is 0. The molecule has 1 aliphatic rings. The Hall–Kier alpha value is -0.940. The molecule has 1 fully saturated rings. The molecule has 2 heterocycles. The second kappa shape index (κ2) is 7.18. The lowest BCUT2D eigenvalue weighted by atomic mass is 10.0. The number of hydrogen-bond donors (Lipinski definition) is 1. The predicted molar refractivity (Wildman–Crippen MR) is 77.2 cm³/mol. The minimum atomic E-state index is -0.415. The first-order chi connectivity index (χ1) is 9.67. The predicted octanol–water partition coefficient (Wildman–Crippen LogP) is 2.71. The molecule has 0 saturated carbocycles. The summed E-state index contributed by atoms with van der Waals surface area (Å²) in [5.41, 5.74) is 1.02. The molecule has 0 amide bonds. The van der Waals surface area contributed by atoms with E-state index in [0.717, 1.165) is 25.0 Å². The zero-order valence-electron chi connectivity index (χ0n) is 12.8. The van der Waals surface area contributed by atoms with Crippen molar-refractivity contribution in [3.8, 4) is 0 Å². The van der Waals surface area contributed by atoms with Crippen LogP contribution in [0.5, 0.6) is 0 Å². The fourth-order valence-electron chi connectivity index (χ4n) is 2.82. The smallest absolute Gasteiger partial charge is 0.157 e. The first-order valence-corrected chi connectivity index (χ1v) is 7.91. The van der Waals surface area contributed by atoms with Crippen LogP contribution in [0.3, 0.4) is 0 Å². The average Bonchev–Trinajstić information content (AvgIpc) is 3.02. The normalized spacial score (nSPS) is 30.0. The molecule has 5 nitrogen and oxygen atoms in total. The van der Waals surface area contributed by atoms with Crippen LogP contribution in [0.1, 0.15) is 64.8 Å². The Morgan fingerprint density at radius 2 is 2.10 bits per heavy atom. The Labute approximate surface area is 121 Å². The minimum absolute atomic E-state index is 0.0505. The lowest BCUT2D eigenvalue weighted by molar-refractivity contribution is -0.0294. The maximum Gasteiger partial charge on any atom is 0.157 e. The summed E-state index contributed by atoms with van der Waals surface area (Å²) in [5.74, 6) is 0.0505. The van der Waals surface area contributed by atoms with Crippen molar-refractivity contribution >= 4 is 0 Å². The fraction of sp³-hybridized carbons (Fsp3) is 0.867. The molecule has 0 bridgehead atoms. The van der Waals surface area contributed by atoms with Crippen molar-refractivity contribution in [2.45, 2.75) is 77.7 Å². The Kier molecular flexibility index (Phi) is 5.54. The zero-order valence-corrected chi connectivity index (χ0v) is 12.8. The SMILES string of the molecule is CCCCCCc1cn([C@@H]2O[C@H](CC)[C@H](O)C2C)nn1. The Balaban J connectivity index is 1.92. The van der Waals surface area contributed by atoms with Crippen molar-refractivity contribution in [3.63, 3.8) is 0 Å². The monoisotopic (exact) mass is 281 g/mol. The molecular weight excluding hydrogens is 254 g/mol. The maximum absolute atomic E-state index is 10.1. The third-order valence-corrected chi connectivity index (χ3v) is 4.19. The van der Waals surface area contributed by atoms with Crippen LogP contribution in [0.25, 0.3) is 0 Å². The lowest BCUT2D eigenvalue weighted by Gasteiger charge is -2.14. The van der Waals surface area contributed by atoms with Crippen LogP contribution in [-0.4, -0.2) is 32.3 Å². The van der Waals surface area contributed by atoms with Gasteiger partial charge >= 0.3 is 0 Å². The summed E-state index contributed by atoms with van der Waals surface area (Å²) in [6.45, 7) is 6.25. The van der Waals surface area contributed by atoms with Crippen LogP contribution in [0.4, 0.5) is 0 Å². The molecule has 1 N–H and O–H groups in total. The molecule has 114 valence electrons. The van der Waals surface area contributed by atoms with Crippen LogP contribution in [-0.2, 0) is 11.2 Å². The summed E-state index contributed by atoms with van der Waals surface area (Å²) < 4.78 is 7.66. The first-order valence-electron chi connectivity index (χ1n) is 7.91. The molecule has 1 aromatic heterocycles. The molecule has 0 radical (unpaired) electrons. The molecule has 1 aromatic rings. The second-order valence-electron chi connectivity index (χ2n) is 5.82. The molecule has 5 heteroatoms. The van der Waals surface area contributed by atoms with Crippen molar-refractivity contribution in [1.82, 2.24) is 15.0 Å². The van der Waals surface area contributed by atoms with E-state index < -0.39 is 6.10 Å². The Morgan fingerprint density at radius 3 is 2.75 bits per heavy atom. The van der Waals surface area contributed by atoms with Gasteiger partial charge in [-0.05, 0) is 19.3 Å². The van der Waals surface area contributed by atoms with Gasteiger partial charge in [-0.25, -0.2) is 4.68 Å². The highest BCUT2D eigenvalue weighted by atomic mass is 16.5. The number of hydrogen-bond acceptors (Lipinski definition) is 4. The first kappa shape index (κ1) is 15.4. The maximum atomic E-state index is 10.1. The van der Waals surface area contributed by atoms with E-state index in [0.29, 0.717) is 0 Å². The third kappa shape index (κ3) is 3.38. The number of nitrogens with zero attached hydrogens (tertiary/aromatic N) is 3. The van der Waals surface area contributed by atoms with Crippen molar-refractivity contribution < 1.29 is 9.84 Å². The standard InChI is InChI=1S/C15H27N3O2/c1-4-6-7-8-9-12-10-18(17-16-12)15-11(3)14(19)13(5-2)20-15/h10-11,13-15,19H,4-9H2,1-3H3/t11?,13-,14-,15-/m1/s1. The number of aromatic nitrogens is 3. The highest BCUT2D eigenvalue weighted by Gasteiger charge is 2.41. The van der Waals surface area contributed by atoms with E-state index in [-0.39, 0.29) is 18.2 Å². The van der Waals surface area contributed by atoms with Crippen molar-refractivity contribution in [2.24, 2.45) is 5.92 Å². The van der Waals surface area contributed by atoms with E-state index >= 15 is 0 Å². The van der Waals surface area contributed by atoms with Gasteiger partial charge in [0.25, 0.3) is 0 Å². The fourth-order valence-corrected chi connectivity index (χ4v) is 2.82. The largest absolute Gasteiger partial charge is 0.390 e. The van der Waals surface area contributed by atoms with Gasteiger partial charge in [-0.1, -0.05) is 45.2 Å². The lowest BCUT2D eigenvalue weighted by Crippen LogP contribution is -2.24. The summed E-state index contributed by atoms with van der Waals surface area (Å²) in [7, 11) is 0. The van der Waals surface area contributed by atoms with Gasteiger partial charge in [0.1, 0.15) is 0 Å². The van der Waals surface area contributed by atoms with Gasteiger partial charge in [0, 0.05) is 5.92 Å². The third-order valence-electron chi connectivity index (χ3n) is 4.19. The molecule has 2 rings (SSSR count). The number of rotatable bonds is 7.